The van der Waals surface area contributed by atoms with Crippen LogP contribution in [0.2, 0.25) is 0 Å². The van der Waals surface area contributed by atoms with Gasteiger partial charge in [0.2, 0.25) is 5.69 Å². The van der Waals surface area contributed by atoms with Gasteiger partial charge in [0.25, 0.3) is 0 Å². The van der Waals surface area contributed by atoms with Crippen molar-refractivity contribution in [3.05, 3.63) is 31.9 Å². The molecule has 0 spiro atoms. The Morgan fingerprint density at radius 3 is 2.67 bits per heavy atom. The average molecular weight is 283 g/mol. The quantitative estimate of drug-likeness (QED) is 0.681. The first kappa shape index (κ1) is 11.9. The van der Waals surface area contributed by atoms with Crippen LogP contribution in [-0.4, -0.2) is 15.0 Å². The summed E-state index contributed by atoms with van der Waals surface area (Å²) in [5.74, 6) is -0.686. The lowest BCUT2D eigenvalue weighted by atomic mass is 10.2. The zero-order chi connectivity index (χ0) is 11.6. The minimum absolute atomic E-state index is 0.0435. The van der Waals surface area contributed by atoms with E-state index in [0.717, 1.165) is 6.07 Å². The number of aliphatic hydroxyl groups is 1. The smallest absolute Gasteiger partial charge is 0.365 e. The zero-order valence-corrected chi connectivity index (χ0v) is 8.74. The Bertz CT molecular complexity index is 400. The van der Waals surface area contributed by atoms with Gasteiger partial charge >= 0.3 is 12.2 Å². The van der Waals surface area contributed by atoms with Crippen molar-refractivity contribution in [1.82, 2.24) is 4.98 Å². The van der Waals surface area contributed by atoms with Gasteiger partial charge in [-0.15, -0.1) is 0 Å². The molecule has 0 bridgehead atoms. The molecule has 15 heavy (non-hydrogen) atoms. The lowest BCUT2D eigenvalue weighted by molar-refractivity contribution is -0.389. The lowest BCUT2D eigenvalue weighted by Gasteiger charge is -2.04. The number of nitro groups is 1. The van der Waals surface area contributed by atoms with E-state index in [0.29, 0.717) is 0 Å². The fraction of sp³-hybridized carbons (Fsp3) is 0.286. The van der Waals surface area contributed by atoms with Gasteiger partial charge in [-0.25, -0.2) is 8.78 Å². The van der Waals surface area contributed by atoms with Gasteiger partial charge in [0.05, 0.1) is 12.7 Å². The Morgan fingerprint density at radius 2 is 2.27 bits per heavy atom. The maximum atomic E-state index is 12.4. The number of alkyl halides is 2. The zero-order valence-electron chi connectivity index (χ0n) is 7.15. The molecule has 0 radical (unpaired) electrons. The number of rotatable bonds is 3. The summed E-state index contributed by atoms with van der Waals surface area (Å²) in [5, 5.41) is 19.1. The monoisotopic (exact) mass is 282 g/mol. The van der Waals surface area contributed by atoms with Crippen LogP contribution >= 0.6 is 15.9 Å². The molecule has 8 heteroatoms. The summed E-state index contributed by atoms with van der Waals surface area (Å²) in [6, 6.07) is 0.970. The highest BCUT2D eigenvalue weighted by atomic mass is 79.9. The molecule has 0 atom stereocenters. The third-order valence-electron chi connectivity index (χ3n) is 1.64. The normalized spacial score (nSPS) is 10.7. The van der Waals surface area contributed by atoms with Crippen molar-refractivity contribution < 1.29 is 18.8 Å². The summed E-state index contributed by atoms with van der Waals surface area (Å²) in [4.78, 5) is 12.6. The highest BCUT2D eigenvalue weighted by molar-refractivity contribution is 9.10. The van der Waals surface area contributed by atoms with E-state index in [1.54, 1.807) is 0 Å². The molecule has 1 heterocycles. The molecule has 0 amide bonds. The standard InChI is InChI=1S/C7H5BrF2N2O3/c8-4-1-5(12(14)15)11-6(7(9)10)3(4)2-13/h1,7,13H,2H2. The predicted octanol–water partition coefficient (Wildman–Crippen LogP) is 2.18. The molecule has 0 aliphatic carbocycles. The third kappa shape index (κ3) is 2.45. The van der Waals surface area contributed by atoms with Crippen LogP contribution in [0.4, 0.5) is 14.6 Å². The minimum Gasteiger partial charge on any atom is -0.391 e. The van der Waals surface area contributed by atoms with E-state index >= 15 is 0 Å². The van der Waals surface area contributed by atoms with Gasteiger partial charge in [-0.3, -0.25) is 0 Å². The van der Waals surface area contributed by atoms with E-state index < -0.39 is 29.5 Å². The van der Waals surface area contributed by atoms with Crippen LogP contribution in [0.25, 0.3) is 0 Å². The second-order valence-corrected chi connectivity index (χ2v) is 3.40. The molecular formula is C7H5BrF2N2O3. The van der Waals surface area contributed by atoms with Crippen LogP contribution in [0.5, 0.6) is 0 Å². The highest BCUT2D eigenvalue weighted by Gasteiger charge is 2.25. The molecule has 82 valence electrons. The van der Waals surface area contributed by atoms with Gasteiger partial charge in [-0.05, 0) is 25.8 Å². The molecule has 0 aliphatic heterocycles. The van der Waals surface area contributed by atoms with Crippen molar-refractivity contribution in [1.29, 1.82) is 0 Å². The number of hydrogen-bond acceptors (Lipinski definition) is 4. The first-order valence-corrected chi connectivity index (χ1v) is 4.49. The summed E-state index contributed by atoms with van der Waals surface area (Å²) < 4.78 is 24.9. The van der Waals surface area contributed by atoms with Crippen molar-refractivity contribution in [2.45, 2.75) is 13.0 Å². The van der Waals surface area contributed by atoms with Crippen molar-refractivity contribution >= 4 is 21.7 Å². The van der Waals surface area contributed by atoms with Crippen molar-refractivity contribution in [2.24, 2.45) is 0 Å². The van der Waals surface area contributed by atoms with Crippen molar-refractivity contribution in [2.75, 3.05) is 0 Å². The van der Waals surface area contributed by atoms with Crippen LogP contribution < -0.4 is 0 Å². The Kier molecular flexibility index (Phi) is 3.64. The fourth-order valence-corrected chi connectivity index (χ4v) is 1.51. The number of aliphatic hydroxyl groups excluding tert-OH is 1. The minimum atomic E-state index is -2.97. The van der Waals surface area contributed by atoms with Gasteiger partial charge in [-0.2, -0.15) is 0 Å². The van der Waals surface area contributed by atoms with E-state index in [-0.39, 0.29) is 10.0 Å². The summed E-state index contributed by atoms with van der Waals surface area (Å²) in [6.07, 6.45) is -2.97. The highest BCUT2D eigenvalue weighted by Crippen LogP contribution is 2.30. The molecule has 0 saturated heterocycles. The van der Waals surface area contributed by atoms with E-state index in [2.05, 4.69) is 20.9 Å². The van der Waals surface area contributed by atoms with Crippen LogP contribution in [0.15, 0.2) is 10.5 Å². The van der Waals surface area contributed by atoms with Gasteiger partial charge in [0.15, 0.2) is 0 Å². The summed E-state index contributed by atoms with van der Waals surface area (Å²) in [5.41, 5.74) is -0.922. The van der Waals surface area contributed by atoms with Crippen LogP contribution in [0.3, 0.4) is 0 Å². The SMILES string of the molecule is O=[N+]([O-])c1cc(Br)c(CO)c(C(F)F)n1. The Labute approximate surface area is 91.0 Å². The molecule has 5 nitrogen and oxygen atoms in total. The Hall–Kier alpha value is -1.15. The second kappa shape index (κ2) is 4.58. The molecule has 0 aromatic carbocycles. The van der Waals surface area contributed by atoms with E-state index in [1.807, 2.05) is 0 Å². The third-order valence-corrected chi connectivity index (χ3v) is 2.35. The van der Waals surface area contributed by atoms with Gasteiger partial charge < -0.3 is 15.2 Å². The number of nitrogens with zero attached hydrogens (tertiary/aromatic N) is 2. The number of halogens is 3. The molecule has 1 aromatic rings. The van der Waals surface area contributed by atoms with Crippen LogP contribution in [0, 0.1) is 10.1 Å². The Balaban J connectivity index is 3.38. The number of aromatic nitrogens is 1. The average Bonchev–Trinajstić information content (AvgIpc) is 2.16. The van der Waals surface area contributed by atoms with Crippen LogP contribution in [0.1, 0.15) is 17.7 Å². The van der Waals surface area contributed by atoms with Crippen molar-refractivity contribution in [3.63, 3.8) is 0 Å². The fourth-order valence-electron chi connectivity index (χ4n) is 0.977. The van der Waals surface area contributed by atoms with E-state index in [1.165, 1.54) is 0 Å². The van der Waals surface area contributed by atoms with E-state index in [4.69, 9.17) is 5.11 Å². The van der Waals surface area contributed by atoms with Crippen molar-refractivity contribution in [3.8, 4) is 0 Å². The first-order valence-electron chi connectivity index (χ1n) is 3.70. The molecule has 0 unspecified atom stereocenters. The molecule has 1 N–H and O–H groups in total. The molecule has 0 fully saturated rings. The van der Waals surface area contributed by atoms with Gasteiger partial charge in [0, 0.05) is 10.0 Å². The maximum Gasteiger partial charge on any atom is 0.365 e. The molecule has 0 aliphatic rings. The molecule has 0 saturated carbocycles. The largest absolute Gasteiger partial charge is 0.391 e. The number of hydrogen-bond donors (Lipinski definition) is 1. The maximum absolute atomic E-state index is 12.4. The van der Waals surface area contributed by atoms with Gasteiger partial charge in [-0.1, -0.05) is 0 Å². The summed E-state index contributed by atoms with van der Waals surface area (Å²) in [6.45, 7) is -0.661. The predicted molar refractivity (Wildman–Crippen MR) is 49.5 cm³/mol. The van der Waals surface area contributed by atoms with Crippen LogP contribution in [-0.2, 0) is 6.61 Å². The summed E-state index contributed by atoms with van der Waals surface area (Å²) in [7, 11) is 0. The molecular weight excluding hydrogens is 278 g/mol. The molecule has 1 rings (SSSR count). The van der Waals surface area contributed by atoms with Gasteiger partial charge in [0.1, 0.15) is 0 Å². The summed E-state index contributed by atoms with van der Waals surface area (Å²) >= 11 is 2.86. The van der Waals surface area contributed by atoms with E-state index in [9.17, 15) is 18.9 Å². The lowest BCUT2D eigenvalue weighted by Crippen LogP contribution is -2.03. The second-order valence-electron chi connectivity index (χ2n) is 2.54. The first-order chi connectivity index (χ1) is 6.97. The molecule has 1 aromatic heterocycles. The number of pyridine rings is 1. The Morgan fingerprint density at radius 1 is 1.67 bits per heavy atom. The topological polar surface area (TPSA) is 76.3 Å².